The number of nitrogens with zero attached hydrogens (tertiary/aromatic N) is 2. The molecule has 0 fully saturated rings. The lowest BCUT2D eigenvalue weighted by Crippen LogP contribution is -2.29. The maximum absolute atomic E-state index is 3.97. The van der Waals surface area contributed by atoms with Crippen LogP contribution in [0.3, 0.4) is 0 Å². The molecule has 10 heavy (non-hydrogen) atoms. The van der Waals surface area contributed by atoms with Gasteiger partial charge in [-0.15, -0.1) is 0 Å². The number of amidine groups is 1. The number of rotatable bonds is 3. The molecule has 0 aliphatic carbocycles. The lowest BCUT2D eigenvalue weighted by atomic mass is 10.5. The van der Waals surface area contributed by atoms with Gasteiger partial charge in [0, 0.05) is 20.1 Å². The first-order valence-corrected chi connectivity index (χ1v) is 3.49. The Balaban J connectivity index is 3.20. The maximum Gasteiger partial charge on any atom is 0.0928 e. The van der Waals surface area contributed by atoms with Gasteiger partial charge in [0.05, 0.1) is 5.84 Å². The third-order valence-corrected chi connectivity index (χ3v) is 1.28. The average Bonchev–Trinajstić information content (AvgIpc) is 1.87. The molecule has 0 aromatic carbocycles. The molecule has 1 N–H and O–H groups in total. The van der Waals surface area contributed by atoms with E-state index in [1.807, 2.05) is 6.92 Å². The van der Waals surface area contributed by atoms with Crippen LogP contribution in [0.15, 0.2) is 4.99 Å². The summed E-state index contributed by atoms with van der Waals surface area (Å²) in [5.74, 6) is 1.00. The second kappa shape index (κ2) is 5.23. The van der Waals surface area contributed by atoms with Gasteiger partial charge in [-0.25, -0.2) is 0 Å². The summed E-state index contributed by atoms with van der Waals surface area (Å²) in [6.07, 6.45) is 0. The van der Waals surface area contributed by atoms with Crippen LogP contribution >= 0.6 is 0 Å². The van der Waals surface area contributed by atoms with Crippen molar-refractivity contribution in [3.8, 4) is 0 Å². The van der Waals surface area contributed by atoms with Crippen LogP contribution in [-0.4, -0.2) is 45.0 Å². The molecule has 3 heteroatoms. The quantitative estimate of drug-likeness (QED) is 0.451. The number of nitrogens with one attached hydrogen (secondary N) is 1. The van der Waals surface area contributed by atoms with E-state index in [0.717, 1.165) is 18.9 Å². The number of likely N-dealkylation sites (N-methyl/N-ethyl adjacent to an activating group) is 1. The van der Waals surface area contributed by atoms with E-state index >= 15 is 0 Å². The van der Waals surface area contributed by atoms with Crippen LogP contribution in [0.2, 0.25) is 0 Å². The molecule has 3 nitrogen and oxygen atoms in total. The number of hydrogen-bond acceptors (Lipinski definition) is 2. The van der Waals surface area contributed by atoms with Crippen molar-refractivity contribution < 1.29 is 0 Å². The molecular weight excluding hydrogens is 126 g/mol. The molecule has 0 aliphatic heterocycles. The summed E-state index contributed by atoms with van der Waals surface area (Å²) in [5, 5.41) is 3.17. The number of hydrogen-bond donors (Lipinski definition) is 1. The van der Waals surface area contributed by atoms with E-state index in [1.165, 1.54) is 0 Å². The van der Waals surface area contributed by atoms with E-state index in [-0.39, 0.29) is 0 Å². The van der Waals surface area contributed by atoms with Crippen molar-refractivity contribution in [3.63, 3.8) is 0 Å². The summed E-state index contributed by atoms with van der Waals surface area (Å²) in [4.78, 5) is 6.11. The second-order valence-corrected chi connectivity index (χ2v) is 2.54. The van der Waals surface area contributed by atoms with Crippen molar-refractivity contribution in [2.24, 2.45) is 4.99 Å². The summed E-state index contributed by atoms with van der Waals surface area (Å²) in [6, 6.07) is 0. The van der Waals surface area contributed by atoms with Gasteiger partial charge in [-0.3, -0.25) is 4.99 Å². The van der Waals surface area contributed by atoms with Crippen molar-refractivity contribution in [2.75, 3.05) is 34.2 Å². The van der Waals surface area contributed by atoms with Crippen LogP contribution in [0, 0.1) is 0 Å². The highest BCUT2D eigenvalue weighted by Gasteiger charge is 1.89. The molecule has 60 valence electrons. The molecule has 0 radical (unpaired) electrons. The first-order chi connectivity index (χ1) is 4.66. The van der Waals surface area contributed by atoms with Gasteiger partial charge >= 0.3 is 0 Å². The summed E-state index contributed by atoms with van der Waals surface area (Å²) < 4.78 is 0. The van der Waals surface area contributed by atoms with Crippen LogP contribution in [-0.2, 0) is 0 Å². The predicted octanol–water partition coefficient (Wildman–Crippen LogP) is 0.186. The zero-order chi connectivity index (χ0) is 7.98. The largest absolute Gasteiger partial charge is 0.373 e. The van der Waals surface area contributed by atoms with Crippen molar-refractivity contribution >= 4 is 5.84 Å². The Morgan fingerprint density at radius 3 is 2.50 bits per heavy atom. The highest BCUT2D eigenvalue weighted by atomic mass is 15.1. The lowest BCUT2D eigenvalue weighted by Gasteiger charge is -2.10. The van der Waals surface area contributed by atoms with E-state index in [9.17, 15) is 0 Å². The van der Waals surface area contributed by atoms with Gasteiger partial charge in [-0.1, -0.05) is 0 Å². The lowest BCUT2D eigenvalue weighted by molar-refractivity contribution is 0.412. The summed E-state index contributed by atoms with van der Waals surface area (Å²) in [5.41, 5.74) is 0. The first-order valence-electron chi connectivity index (χ1n) is 3.49. The van der Waals surface area contributed by atoms with Gasteiger partial charge in [0.25, 0.3) is 0 Å². The fraction of sp³-hybridized carbons (Fsp3) is 0.857. The standard InChI is InChI=1S/C7H17N3/c1-7(8-2)9-5-6-10(3)4/h5-6H2,1-4H3,(H,8,9). The zero-order valence-corrected chi connectivity index (χ0v) is 7.31. The molecule has 0 saturated heterocycles. The molecule has 0 atom stereocenters. The van der Waals surface area contributed by atoms with Crippen molar-refractivity contribution in [3.05, 3.63) is 0 Å². The average molecular weight is 143 g/mol. The van der Waals surface area contributed by atoms with E-state index in [4.69, 9.17) is 0 Å². The van der Waals surface area contributed by atoms with E-state index in [2.05, 4.69) is 29.3 Å². The Hall–Kier alpha value is -0.570. The highest BCUT2D eigenvalue weighted by molar-refractivity contribution is 5.79. The van der Waals surface area contributed by atoms with E-state index in [1.54, 1.807) is 7.05 Å². The molecule has 0 unspecified atom stereocenters. The summed E-state index contributed by atoms with van der Waals surface area (Å²) in [6.45, 7) is 3.98. The van der Waals surface area contributed by atoms with Crippen LogP contribution in [0.1, 0.15) is 6.92 Å². The molecule has 0 heterocycles. The van der Waals surface area contributed by atoms with E-state index in [0.29, 0.717) is 0 Å². The Morgan fingerprint density at radius 2 is 2.10 bits per heavy atom. The van der Waals surface area contributed by atoms with Crippen molar-refractivity contribution in [2.45, 2.75) is 6.92 Å². The molecule has 0 amide bonds. The normalized spacial score (nSPS) is 12.3. The molecule has 0 bridgehead atoms. The van der Waals surface area contributed by atoms with Gasteiger partial charge in [0.15, 0.2) is 0 Å². The Kier molecular flexibility index (Phi) is 4.94. The smallest absolute Gasteiger partial charge is 0.0928 e. The SMILES string of the molecule is C/N=C(\C)NCCN(C)C. The molecule has 0 aromatic rings. The minimum absolute atomic E-state index is 0.968. The van der Waals surface area contributed by atoms with Crippen molar-refractivity contribution in [1.82, 2.24) is 10.2 Å². The molecule has 0 aliphatic rings. The van der Waals surface area contributed by atoms with Crippen molar-refractivity contribution in [1.29, 1.82) is 0 Å². The third-order valence-electron chi connectivity index (χ3n) is 1.28. The van der Waals surface area contributed by atoms with Gasteiger partial charge in [0.1, 0.15) is 0 Å². The highest BCUT2D eigenvalue weighted by Crippen LogP contribution is 1.72. The third kappa shape index (κ3) is 5.56. The Bertz CT molecular complexity index is 107. The first kappa shape index (κ1) is 9.43. The number of aliphatic imine (C=N–C) groups is 1. The second-order valence-electron chi connectivity index (χ2n) is 2.54. The molecule has 0 spiro atoms. The van der Waals surface area contributed by atoms with Gasteiger partial charge < -0.3 is 10.2 Å². The minimum Gasteiger partial charge on any atom is -0.373 e. The summed E-state index contributed by atoms with van der Waals surface area (Å²) in [7, 11) is 5.90. The minimum atomic E-state index is 0.968. The summed E-state index contributed by atoms with van der Waals surface area (Å²) >= 11 is 0. The van der Waals surface area contributed by atoms with Gasteiger partial charge in [0.2, 0.25) is 0 Å². The molecule has 0 rings (SSSR count). The Labute approximate surface area is 63.1 Å². The topological polar surface area (TPSA) is 27.6 Å². The molecule has 0 aromatic heterocycles. The predicted molar refractivity (Wildman–Crippen MR) is 45.6 cm³/mol. The van der Waals surface area contributed by atoms with Gasteiger partial charge in [-0.05, 0) is 21.0 Å². The maximum atomic E-state index is 3.97. The van der Waals surface area contributed by atoms with Crippen LogP contribution in [0.5, 0.6) is 0 Å². The Morgan fingerprint density at radius 1 is 1.50 bits per heavy atom. The van der Waals surface area contributed by atoms with Crippen LogP contribution in [0.4, 0.5) is 0 Å². The monoisotopic (exact) mass is 143 g/mol. The fourth-order valence-electron chi connectivity index (χ4n) is 0.539. The zero-order valence-electron chi connectivity index (χ0n) is 7.31. The van der Waals surface area contributed by atoms with Gasteiger partial charge in [-0.2, -0.15) is 0 Å². The molecule has 0 saturated carbocycles. The van der Waals surface area contributed by atoms with Crippen LogP contribution in [0.25, 0.3) is 0 Å². The van der Waals surface area contributed by atoms with Crippen LogP contribution < -0.4 is 5.32 Å². The molecular formula is C7H17N3. The van der Waals surface area contributed by atoms with E-state index < -0.39 is 0 Å². The fourth-order valence-corrected chi connectivity index (χ4v) is 0.539.